The van der Waals surface area contributed by atoms with E-state index >= 15 is 0 Å². The van der Waals surface area contributed by atoms with Gasteiger partial charge in [0.15, 0.2) is 0 Å². The molecule has 0 radical (unpaired) electrons. The van der Waals surface area contributed by atoms with E-state index in [0.717, 1.165) is 29.0 Å². The van der Waals surface area contributed by atoms with Gasteiger partial charge in [-0.25, -0.2) is 0 Å². The lowest BCUT2D eigenvalue weighted by Crippen LogP contribution is -2.48. The predicted octanol–water partition coefficient (Wildman–Crippen LogP) is 2.95. The molecular weight excluding hydrogens is 352 g/mol. The highest BCUT2D eigenvalue weighted by molar-refractivity contribution is 5.85. The highest BCUT2D eigenvalue weighted by atomic mass is 35.5. The summed E-state index contributed by atoms with van der Waals surface area (Å²) in [4.78, 5) is 12.3. The number of hydrogen-bond acceptors (Lipinski definition) is 4. The number of carbonyl (C=O) groups is 1. The number of methoxy groups -OCH3 is 1. The summed E-state index contributed by atoms with van der Waals surface area (Å²) in [5.41, 5.74) is 3.19. The number of halogens is 1. The molecule has 2 aromatic carbocycles. The maximum Gasteiger partial charge on any atom is 0.250 e. The van der Waals surface area contributed by atoms with Crippen molar-refractivity contribution in [3.63, 3.8) is 0 Å². The standard InChI is InChI=1S/C20H24N2O3.ClH/c1-14(22-20(23)19-13-21-11-12-25-19)15-7-9-16(10-8-15)17-5-3-4-6-18(17)24-2;/h3-10,14,19,21H,11-13H2,1-2H3,(H,22,23);1H. The molecule has 6 heteroatoms. The highest BCUT2D eigenvalue weighted by Crippen LogP contribution is 2.30. The lowest BCUT2D eigenvalue weighted by atomic mass is 10.0. The monoisotopic (exact) mass is 376 g/mol. The molecule has 2 N–H and O–H groups in total. The van der Waals surface area contributed by atoms with Crippen LogP contribution in [0.2, 0.25) is 0 Å². The van der Waals surface area contributed by atoms with Gasteiger partial charge in [0, 0.05) is 18.7 Å². The molecule has 26 heavy (non-hydrogen) atoms. The first-order valence-corrected chi connectivity index (χ1v) is 8.55. The zero-order chi connectivity index (χ0) is 17.6. The molecule has 0 bridgehead atoms. The molecule has 1 aliphatic heterocycles. The molecule has 140 valence electrons. The lowest BCUT2D eigenvalue weighted by Gasteiger charge is -2.24. The molecule has 1 amide bonds. The second-order valence-electron chi connectivity index (χ2n) is 6.12. The van der Waals surface area contributed by atoms with Crippen LogP contribution >= 0.6 is 12.4 Å². The SMILES string of the molecule is COc1ccccc1-c1ccc(C(C)NC(=O)C2CNCCO2)cc1.Cl. The van der Waals surface area contributed by atoms with Crippen molar-refractivity contribution in [1.29, 1.82) is 0 Å². The summed E-state index contributed by atoms with van der Waals surface area (Å²) in [6.45, 7) is 3.90. The molecule has 1 fully saturated rings. The summed E-state index contributed by atoms with van der Waals surface area (Å²) in [6, 6.07) is 16.0. The molecule has 2 aromatic rings. The molecular formula is C20H25ClN2O3. The quantitative estimate of drug-likeness (QED) is 0.842. The van der Waals surface area contributed by atoms with Crippen molar-refractivity contribution in [3.05, 3.63) is 54.1 Å². The van der Waals surface area contributed by atoms with E-state index in [1.165, 1.54) is 0 Å². The summed E-state index contributed by atoms with van der Waals surface area (Å²) in [5, 5.41) is 6.19. The Morgan fingerprint density at radius 3 is 2.62 bits per heavy atom. The summed E-state index contributed by atoms with van der Waals surface area (Å²) >= 11 is 0. The molecule has 1 aliphatic rings. The summed E-state index contributed by atoms with van der Waals surface area (Å²) < 4.78 is 10.9. The molecule has 5 nitrogen and oxygen atoms in total. The van der Waals surface area contributed by atoms with Crippen LogP contribution in [0.4, 0.5) is 0 Å². The van der Waals surface area contributed by atoms with Gasteiger partial charge >= 0.3 is 0 Å². The fourth-order valence-electron chi connectivity index (χ4n) is 2.96. The first-order chi connectivity index (χ1) is 12.2. The fourth-order valence-corrected chi connectivity index (χ4v) is 2.96. The lowest BCUT2D eigenvalue weighted by molar-refractivity contribution is -0.134. The minimum atomic E-state index is -0.413. The number of rotatable bonds is 5. The van der Waals surface area contributed by atoms with Gasteiger partial charge in [0.1, 0.15) is 11.9 Å². The third-order valence-electron chi connectivity index (χ3n) is 4.41. The summed E-state index contributed by atoms with van der Waals surface area (Å²) in [6.07, 6.45) is -0.413. The van der Waals surface area contributed by atoms with E-state index in [1.807, 2.05) is 43.3 Å². The van der Waals surface area contributed by atoms with E-state index in [-0.39, 0.29) is 24.4 Å². The van der Waals surface area contributed by atoms with E-state index in [2.05, 4.69) is 22.8 Å². The van der Waals surface area contributed by atoms with Gasteiger partial charge in [-0.15, -0.1) is 12.4 Å². The second-order valence-corrected chi connectivity index (χ2v) is 6.12. The van der Waals surface area contributed by atoms with Crippen molar-refractivity contribution in [3.8, 4) is 16.9 Å². The Labute approximate surface area is 160 Å². The van der Waals surface area contributed by atoms with E-state index in [0.29, 0.717) is 13.2 Å². The van der Waals surface area contributed by atoms with Crippen LogP contribution in [0.3, 0.4) is 0 Å². The van der Waals surface area contributed by atoms with Gasteiger partial charge in [-0.1, -0.05) is 42.5 Å². The van der Waals surface area contributed by atoms with E-state index < -0.39 is 6.10 Å². The highest BCUT2D eigenvalue weighted by Gasteiger charge is 2.23. The molecule has 2 unspecified atom stereocenters. The third-order valence-corrected chi connectivity index (χ3v) is 4.41. The zero-order valence-electron chi connectivity index (χ0n) is 15.0. The summed E-state index contributed by atoms with van der Waals surface area (Å²) in [5.74, 6) is 0.770. The number of para-hydroxylation sites is 1. The van der Waals surface area contributed by atoms with Gasteiger partial charge in [-0.05, 0) is 24.1 Å². The Morgan fingerprint density at radius 1 is 1.23 bits per heavy atom. The number of amides is 1. The van der Waals surface area contributed by atoms with Gasteiger partial charge in [0.2, 0.25) is 0 Å². The molecule has 0 saturated carbocycles. The Bertz CT molecular complexity index is 715. The number of benzene rings is 2. The topological polar surface area (TPSA) is 59.6 Å². The zero-order valence-corrected chi connectivity index (χ0v) is 15.8. The van der Waals surface area contributed by atoms with Crippen LogP contribution < -0.4 is 15.4 Å². The normalized spacial score (nSPS) is 17.7. The minimum absolute atomic E-state index is 0. The number of morpholine rings is 1. The van der Waals surface area contributed by atoms with Crippen molar-refractivity contribution >= 4 is 18.3 Å². The summed E-state index contributed by atoms with van der Waals surface area (Å²) in [7, 11) is 1.67. The molecule has 1 heterocycles. The molecule has 3 rings (SSSR count). The molecule has 1 saturated heterocycles. The maximum atomic E-state index is 12.3. The van der Waals surface area contributed by atoms with Gasteiger partial charge in [0.25, 0.3) is 5.91 Å². The third kappa shape index (κ3) is 4.75. The van der Waals surface area contributed by atoms with Crippen molar-refractivity contribution < 1.29 is 14.3 Å². The van der Waals surface area contributed by atoms with Crippen LogP contribution in [0.1, 0.15) is 18.5 Å². The Hall–Kier alpha value is -2.08. The van der Waals surface area contributed by atoms with Crippen molar-refractivity contribution in [2.75, 3.05) is 26.8 Å². The molecule has 0 aliphatic carbocycles. The van der Waals surface area contributed by atoms with Crippen LogP contribution in [0.5, 0.6) is 5.75 Å². The average molecular weight is 377 g/mol. The number of hydrogen-bond donors (Lipinski definition) is 2. The second kappa shape index (κ2) is 9.57. The van der Waals surface area contributed by atoms with Gasteiger partial charge < -0.3 is 20.1 Å². The van der Waals surface area contributed by atoms with E-state index in [1.54, 1.807) is 7.11 Å². The number of ether oxygens (including phenoxy) is 2. The maximum absolute atomic E-state index is 12.3. The Kier molecular flexibility index (Phi) is 7.45. The molecule has 0 spiro atoms. The van der Waals surface area contributed by atoms with Crippen molar-refractivity contribution in [2.24, 2.45) is 0 Å². The minimum Gasteiger partial charge on any atom is -0.496 e. The number of nitrogens with one attached hydrogen (secondary N) is 2. The van der Waals surface area contributed by atoms with Gasteiger partial charge in [-0.3, -0.25) is 4.79 Å². The first-order valence-electron chi connectivity index (χ1n) is 8.55. The first kappa shape index (κ1) is 20.2. The molecule has 0 aromatic heterocycles. The van der Waals surface area contributed by atoms with Gasteiger partial charge in [0.05, 0.1) is 19.8 Å². The Morgan fingerprint density at radius 2 is 1.96 bits per heavy atom. The smallest absolute Gasteiger partial charge is 0.250 e. The Balaban J connectivity index is 0.00000243. The van der Waals surface area contributed by atoms with Crippen LogP contribution in [0, 0.1) is 0 Å². The van der Waals surface area contributed by atoms with Gasteiger partial charge in [-0.2, -0.15) is 0 Å². The average Bonchev–Trinajstić information content (AvgIpc) is 2.68. The van der Waals surface area contributed by atoms with Crippen LogP contribution in [-0.2, 0) is 9.53 Å². The van der Waals surface area contributed by atoms with E-state index in [4.69, 9.17) is 9.47 Å². The van der Waals surface area contributed by atoms with Crippen molar-refractivity contribution in [2.45, 2.75) is 19.1 Å². The van der Waals surface area contributed by atoms with Crippen LogP contribution in [-0.4, -0.2) is 38.8 Å². The molecule has 2 atom stereocenters. The fraction of sp³-hybridized carbons (Fsp3) is 0.350. The van der Waals surface area contributed by atoms with E-state index in [9.17, 15) is 4.79 Å². The predicted molar refractivity (Wildman–Crippen MR) is 105 cm³/mol. The van der Waals surface area contributed by atoms with Crippen molar-refractivity contribution in [1.82, 2.24) is 10.6 Å². The number of carbonyl (C=O) groups excluding carboxylic acids is 1. The van der Waals surface area contributed by atoms with Crippen LogP contribution in [0.25, 0.3) is 11.1 Å². The largest absolute Gasteiger partial charge is 0.496 e. The van der Waals surface area contributed by atoms with Crippen LogP contribution in [0.15, 0.2) is 48.5 Å².